The Balaban J connectivity index is 1.45. The van der Waals surface area contributed by atoms with Crippen molar-refractivity contribution in [3.63, 3.8) is 0 Å². The average Bonchev–Trinajstić information content (AvgIpc) is 2.63. The Morgan fingerprint density at radius 1 is 1.24 bits per heavy atom. The predicted octanol–water partition coefficient (Wildman–Crippen LogP) is 0.846. The van der Waals surface area contributed by atoms with E-state index in [1.54, 1.807) is 0 Å². The molecule has 0 unspecified atom stereocenters. The molecule has 2 heterocycles. The summed E-state index contributed by atoms with van der Waals surface area (Å²) >= 11 is 3.44. The lowest BCUT2D eigenvalue weighted by Gasteiger charge is -2.28. The molecule has 1 aromatic carbocycles. The molecule has 1 aliphatic rings. The zero-order valence-corrected chi connectivity index (χ0v) is 16.1. The minimum atomic E-state index is 0.0280. The number of hydrogen-bond acceptors (Lipinski definition) is 2. The van der Waals surface area contributed by atoms with Crippen molar-refractivity contribution in [1.82, 2.24) is 5.32 Å². The Morgan fingerprint density at radius 3 is 2.60 bits per heavy atom. The molecule has 0 saturated carbocycles. The van der Waals surface area contributed by atoms with E-state index >= 15 is 0 Å². The van der Waals surface area contributed by atoms with E-state index in [0.29, 0.717) is 6.54 Å². The van der Waals surface area contributed by atoms with Gasteiger partial charge in [0.1, 0.15) is 26.2 Å². The van der Waals surface area contributed by atoms with E-state index in [4.69, 9.17) is 0 Å². The van der Waals surface area contributed by atoms with E-state index in [1.807, 2.05) is 49.5 Å². The maximum Gasteiger partial charge on any atom is 0.275 e. The first-order chi connectivity index (χ1) is 12.1. The van der Waals surface area contributed by atoms with Crippen molar-refractivity contribution in [3.05, 3.63) is 58.7 Å². The van der Waals surface area contributed by atoms with E-state index < -0.39 is 0 Å². The van der Waals surface area contributed by atoms with Gasteiger partial charge in [0.05, 0.1) is 12.2 Å². The third kappa shape index (κ3) is 5.03. The molecule has 25 heavy (non-hydrogen) atoms. The largest absolute Gasteiger partial charge is 0.345 e. The molecule has 1 fully saturated rings. The van der Waals surface area contributed by atoms with Crippen LogP contribution < -0.4 is 20.1 Å². The lowest BCUT2D eigenvalue weighted by atomic mass is 10.1. The Labute approximate surface area is 157 Å². The van der Waals surface area contributed by atoms with Crippen LogP contribution in [0.1, 0.15) is 18.5 Å². The highest BCUT2D eigenvalue weighted by molar-refractivity contribution is 9.10. The summed E-state index contributed by atoms with van der Waals surface area (Å²) in [6.07, 6.45) is 1.95. The van der Waals surface area contributed by atoms with E-state index in [0.717, 1.165) is 42.0 Å². The predicted molar refractivity (Wildman–Crippen MR) is 101 cm³/mol. The first kappa shape index (κ1) is 17.9. The molecule has 6 heteroatoms. The fourth-order valence-electron chi connectivity index (χ4n) is 3.18. The second-order valence-electron chi connectivity index (χ2n) is 6.50. The van der Waals surface area contributed by atoms with Gasteiger partial charge in [0.25, 0.3) is 11.7 Å². The molecule has 1 aromatic heterocycles. The monoisotopic (exact) mass is 404 g/mol. The van der Waals surface area contributed by atoms with Crippen LogP contribution in [0.15, 0.2) is 53.1 Å². The summed E-state index contributed by atoms with van der Waals surface area (Å²) in [6, 6.07) is 14.2. The molecular weight excluding hydrogens is 380 g/mol. The maximum absolute atomic E-state index is 12.4. The number of aromatic amines is 1. The number of quaternary nitrogens is 1. The number of amides is 1. The van der Waals surface area contributed by atoms with Gasteiger partial charge in [0.15, 0.2) is 6.54 Å². The zero-order valence-electron chi connectivity index (χ0n) is 14.5. The van der Waals surface area contributed by atoms with Gasteiger partial charge in [-0.05, 0) is 30.7 Å². The third-order valence-electron chi connectivity index (χ3n) is 4.66. The summed E-state index contributed by atoms with van der Waals surface area (Å²) in [5, 5.41) is 3.11. The Bertz CT molecular complexity index is 684. The average molecular weight is 405 g/mol. The topological polar surface area (TPSA) is 50.9 Å². The number of halogens is 1. The van der Waals surface area contributed by atoms with Gasteiger partial charge in [-0.1, -0.05) is 34.1 Å². The molecular formula is C19H25BrN4O+2. The Hall–Kier alpha value is -1.92. The van der Waals surface area contributed by atoms with Crippen molar-refractivity contribution in [3.8, 4) is 0 Å². The Morgan fingerprint density at radius 2 is 1.96 bits per heavy atom. The minimum Gasteiger partial charge on any atom is -0.345 e. The quantitative estimate of drug-likeness (QED) is 0.775. The van der Waals surface area contributed by atoms with Gasteiger partial charge in [-0.15, -0.1) is 0 Å². The van der Waals surface area contributed by atoms with Gasteiger partial charge in [0, 0.05) is 10.5 Å². The van der Waals surface area contributed by atoms with Crippen LogP contribution >= 0.6 is 15.9 Å². The molecule has 3 rings (SSSR count). The van der Waals surface area contributed by atoms with Crippen LogP contribution in [-0.2, 0) is 4.79 Å². The number of piperazine rings is 1. The molecule has 2 aromatic rings. The first-order valence-corrected chi connectivity index (χ1v) is 9.51. The normalized spacial score (nSPS) is 16.5. The van der Waals surface area contributed by atoms with Crippen LogP contribution in [0, 0.1) is 0 Å². The number of hydrogen-bond donors (Lipinski definition) is 2. The summed E-state index contributed by atoms with van der Waals surface area (Å²) < 4.78 is 1.05. The standard InChI is InChI=1S/C19H23BrN4O/c1-15(16-5-7-17(20)8-6-16)22-19(25)14-23-10-12-24(13-11-23)18-4-2-3-9-21-18/h2-9,15H,10-14H2,1H3,(H,22,25)/p+2/t15-/m1/s1. The molecule has 1 aliphatic heterocycles. The lowest BCUT2D eigenvalue weighted by molar-refractivity contribution is -0.892. The van der Waals surface area contributed by atoms with E-state index in [-0.39, 0.29) is 11.9 Å². The van der Waals surface area contributed by atoms with Gasteiger partial charge >= 0.3 is 0 Å². The molecule has 0 aliphatic carbocycles. The van der Waals surface area contributed by atoms with Crippen LogP contribution in [0.4, 0.5) is 5.82 Å². The van der Waals surface area contributed by atoms with E-state index in [1.165, 1.54) is 4.90 Å². The molecule has 0 spiro atoms. The van der Waals surface area contributed by atoms with Gasteiger partial charge < -0.3 is 10.2 Å². The van der Waals surface area contributed by atoms with Crippen molar-refractivity contribution < 1.29 is 14.7 Å². The number of nitrogens with one attached hydrogen (secondary N) is 3. The smallest absolute Gasteiger partial charge is 0.275 e. The number of anilines is 1. The summed E-state index contributed by atoms with van der Waals surface area (Å²) in [5.41, 5.74) is 1.12. The second kappa shape index (κ2) is 8.45. The van der Waals surface area contributed by atoms with Gasteiger partial charge in [-0.25, -0.2) is 4.98 Å². The summed E-state index contributed by atoms with van der Waals surface area (Å²) in [5.74, 6) is 1.26. The highest BCUT2D eigenvalue weighted by Crippen LogP contribution is 2.16. The zero-order chi connectivity index (χ0) is 17.6. The van der Waals surface area contributed by atoms with Gasteiger partial charge in [-0.2, -0.15) is 0 Å². The van der Waals surface area contributed by atoms with Crippen LogP contribution in [0.25, 0.3) is 0 Å². The first-order valence-electron chi connectivity index (χ1n) is 8.72. The van der Waals surface area contributed by atoms with Crippen LogP contribution in [0.3, 0.4) is 0 Å². The minimum absolute atomic E-state index is 0.0280. The fourth-order valence-corrected chi connectivity index (χ4v) is 3.44. The van der Waals surface area contributed by atoms with Crippen molar-refractivity contribution in [2.24, 2.45) is 0 Å². The summed E-state index contributed by atoms with van der Waals surface area (Å²) in [4.78, 5) is 19.3. The number of aromatic nitrogens is 1. The molecule has 132 valence electrons. The van der Waals surface area contributed by atoms with E-state index in [9.17, 15) is 4.79 Å². The SMILES string of the molecule is C[C@@H](NC(=O)C[NH+]1CCN(c2cccc[nH+]2)CC1)c1ccc(Br)cc1. The van der Waals surface area contributed by atoms with Crippen molar-refractivity contribution in [1.29, 1.82) is 0 Å². The van der Waals surface area contributed by atoms with Gasteiger partial charge in [0.2, 0.25) is 0 Å². The number of carbonyl (C=O) groups is 1. The third-order valence-corrected chi connectivity index (χ3v) is 5.19. The second-order valence-corrected chi connectivity index (χ2v) is 7.42. The lowest BCUT2D eigenvalue weighted by Crippen LogP contribution is -3.16. The highest BCUT2D eigenvalue weighted by Gasteiger charge is 2.27. The molecule has 1 atom stereocenters. The number of pyridine rings is 1. The van der Waals surface area contributed by atoms with Gasteiger partial charge in [-0.3, -0.25) is 9.69 Å². The number of rotatable bonds is 5. The van der Waals surface area contributed by atoms with Crippen LogP contribution in [-0.4, -0.2) is 38.6 Å². The number of H-pyrrole nitrogens is 1. The number of benzene rings is 1. The van der Waals surface area contributed by atoms with Crippen molar-refractivity contribution in [2.75, 3.05) is 37.6 Å². The summed E-state index contributed by atoms with van der Waals surface area (Å²) in [6.45, 7) is 6.44. The highest BCUT2D eigenvalue weighted by atomic mass is 79.9. The Kier molecular flexibility index (Phi) is 6.04. The van der Waals surface area contributed by atoms with Crippen LogP contribution in [0.2, 0.25) is 0 Å². The number of carbonyl (C=O) groups excluding carboxylic acids is 1. The fraction of sp³-hybridized carbons (Fsp3) is 0.368. The molecule has 1 amide bonds. The molecule has 0 bridgehead atoms. The van der Waals surface area contributed by atoms with Crippen molar-refractivity contribution in [2.45, 2.75) is 13.0 Å². The molecule has 3 N–H and O–H groups in total. The number of nitrogens with zero attached hydrogens (tertiary/aromatic N) is 1. The maximum atomic E-state index is 12.4. The van der Waals surface area contributed by atoms with Crippen molar-refractivity contribution >= 4 is 27.7 Å². The molecule has 1 saturated heterocycles. The molecule has 0 radical (unpaired) electrons. The van der Waals surface area contributed by atoms with Crippen LogP contribution in [0.5, 0.6) is 0 Å². The summed E-state index contributed by atoms with van der Waals surface area (Å²) in [7, 11) is 0. The molecule has 5 nitrogen and oxygen atoms in total. The van der Waals surface area contributed by atoms with E-state index in [2.05, 4.69) is 37.2 Å².